The normalized spacial score (nSPS) is 14.8. The minimum Gasteiger partial charge on any atom is -0.478 e. The van der Waals surface area contributed by atoms with Crippen LogP contribution in [0.2, 0.25) is 5.02 Å². The topological polar surface area (TPSA) is 99.1 Å². The quantitative estimate of drug-likeness (QED) is 0.577. The van der Waals surface area contributed by atoms with Crippen LogP contribution in [0.1, 0.15) is 18.4 Å². The number of carbonyl (C=O) groups is 2. The number of benzene rings is 1. The Labute approximate surface area is 164 Å². The predicted octanol–water partition coefficient (Wildman–Crippen LogP) is 2.25. The van der Waals surface area contributed by atoms with Gasteiger partial charge in [0.2, 0.25) is 0 Å². The Morgan fingerprint density at radius 1 is 1.22 bits per heavy atom. The molecule has 0 amide bonds. The molecule has 1 fully saturated rings. The van der Waals surface area contributed by atoms with Gasteiger partial charge in [-0.1, -0.05) is 29.8 Å². The van der Waals surface area contributed by atoms with Crippen molar-refractivity contribution < 1.29 is 24.5 Å². The maximum Gasteiger partial charge on any atom is 0.328 e. The Hall–Kier alpha value is -1.93. The van der Waals surface area contributed by atoms with Crippen molar-refractivity contribution in [1.29, 1.82) is 0 Å². The number of carboxylic acid groups (broad SMARTS) is 2. The van der Waals surface area contributed by atoms with E-state index in [-0.39, 0.29) is 0 Å². The van der Waals surface area contributed by atoms with Gasteiger partial charge in [-0.2, -0.15) is 0 Å². The molecule has 0 bridgehead atoms. The molecule has 1 aliphatic rings. The van der Waals surface area contributed by atoms with Gasteiger partial charge < -0.3 is 20.3 Å². The lowest BCUT2D eigenvalue weighted by Crippen LogP contribution is -2.44. The third-order valence-electron chi connectivity index (χ3n) is 4.11. The number of nitrogens with zero attached hydrogens (tertiary/aromatic N) is 1. The molecule has 1 aromatic rings. The number of ether oxygens (including phenoxy) is 1. The lowest BCUT2D eigenvalue weighted by atomic mass is 10.0. The molecule has 27 heavy (non-hydrogen) atoms. The zero-order valence-corrected chi connectivity index (χ0v) is 16.2. The number of nitrogens with one attached hydrogen (secondary N) is 1. The van der Waals surface area contributed by atoms with E-state index in [0.29, 0.717) is 18.2 Å². The van der Waals surface area contributed by atoms with Gasteiger partial charge in [-0.15, -0.1) is 0 Å². The Kier molecular flexibility index (Phi) is 11.4. The highest BCUT2D eigenvalue weighted by atomic mass is 35.5. The molecule has 0 radical (unpaired) electrons. The largest absolute Gasteiger partial charge is 0.478 e. The number of carboxylic acids is 2. The van der Waals surface area contributed by atoms with Crippen LogP contribution in [-0.4, -0.2) is 66.4 Å². The van der Waals surface area contributed by atoms with Crippen LogP contribution in [0, 0.1) is 0 Å². The van der Waals surface area contributed by atoms with E-state index in [1.54, 1.807) is 7.11 Å². The Bertz CT molecular complexity index is 602. The highest BCUT2D eigenvalue weighted by Crippen LogP contribution is 2.20. The summed E-state index contributed by atoms with van der Waals surface area (Å²) in [5.74, 6) is -2.51. The lowest BCUT2D eigenvalue weighted by Gasteiger charge is -2.34. The average Bonchev–Trinajstić information content (AvgIpc) is 2.66. The summed E-state index contributed by atoms with van der Waals surface area (Å²) in [5.41, 5.74) is 1.21. The molecule has 2 rings (SSSR count). The first-order valence-electron chi connectivity index (χ1n) is 8.75. The third kappa shape index (κ3) is 10.1. The van der Waals surface area contributed by atoms with Gasteiger partial charge in [-0.25, -0.2) is 9.59 Å². The molecule has 1 aromatic carbocycles. The molecule has 1 aliphatic heterocycles. The second-order valence-electron chi connectivity index (χ2n) is 6.05. The van der Waals surface area contributed by atoms with Gasteiger partial charge in [0.25, 0.3) is 0 Å². The summed E-state index contributed by atoms with van der Waals surface area (Å²) < 4.78 is 5.24. The number of piperidine rings is 1. The van der Waals surface area contributed by atoms with E-state index >= 15 is 0 Å². The van der Waals surface area contributed by atoms with E-state index in [1.165, 1.54) is 18.4 Å². The van der Waals surface area contributed by atoms with E-state index in [2.05, 4.69) is 22.3 Å². The summed E-state index contributed by atoms with van der Waals surface area (Å²) >= 11 is 6.27. The van der Waals surface area contributed by atoms with Crippen LogP contribution in [0.3, 0.4) is 0 Å². The van der Waals surface area contributed by atoms with E-state index in [0.717, 1.165) is 37.8 Å². The summed E-state index contributed by atoms with van der Waals surface area (Å²) in [6.07, 6.45) is 3.52. The van der Waals surface area contributed by atoms with E-state index in [9.17, 15) is 9.59 Å². The van der Waals surface area contributed by atoms with Gasteiger partial charge >= 0.3 is 11.9 Å². The Morgan fingerprint density at radius 3 is 2.33 bits per heavy atom. The van der Waals surface area contributed by atoms with Crippen LogP contribution in [0.15, 0.2) is 36.4 Å². The van der Waals surface area contributed by atoms with Gasteiger partial charge in [-0.05, 0) is 37.6 Å². The van der Waals surface area contributed by atoms with Crippen molar-refractivity contribution in [2.24, 2.45) is 0 Å². The SMILES string of the molecule is COCCN(Cc1ccccc1Cl)C1CCNCC1.O=C(O)/C=C/C(=O)O. The van der Waals surface area contributed by atoms with Crippen molar-refractivity contribution in [3.8, 4) is 0 Å². The highest BCUT2D eigenvalue weighted by molar-refractivity contribution is 6.31. The minimum absolute atomic E-state index is 0.558. The summed E-state index contributed by atoms with van der Waals surface area (Å²) in [7, 11) is 1.76. The van der Waals surface area contributed by atoms with Crippen molar-refractivity contribution in [2.75, 3.05) is 33.4 Å². The van der Waals surface area contributed by atoms with Gasteiger partial charge in [0, 0.05) is 43.4 Å². The molecule has 7 nitrogen and oxygen atoms in total. The fraction of sp³-hybridized carbons (Fsp3) is 0.474. The minimum atomic E-state index is -1.26. The number of halogens is 1. The Balaban J connectivity index is 0.000000387. The van der Waals surface area contributed by atoms with Crippen LogP contribution in [0.5, 0.6) is 0 Å². The van der Waals surface area contributed by atoms with Crippen molar-refractivity contribution >= 4 is 23.5 Å². The number of aliphatic carboxylic acids is 2. The van der Waals surface area contributed by atoms with Crippen molar-refractivity contribution in [2.45, 2.75) is 25.4 Å². The number of hydrogen-bond acceptors (Lipinski definition) is 5. The average molecular weight is 399 g/mol. The molecule has 1 saturated heterocycles. The lowest BCUT2D eigenvalue weighted by molar-refractivity contribution is -0.134. The molecule has 0 aromatic heterocycles. The maximum atomic E-state index is 9.55. The standard InChI is InChI=1S/C15H23ClN2O.C4H4O4/c1-19-11-10-18(14-6-8-17-9-7-14)12-13-4-2-3-5-15(13)16;5-3(6)1-2-4(7)8/h2-5,14,17H,6-12H2,1H3;1-2H,(H,5,6)(H,7,8)/b;2-1+. The smallest absolute Gasteiger partial charge is 0.328 e. The monoisotopic (exact) mass is 398 g/mol. The van der Waals surface area contributed by atoms with Gasteiger partial charge in [0.05, 0.1) is 6.61 Å². The zero-order chi connectivity index (χ0) is 20.1. The fourth-order valence-corrected chi connectivity index (χ4v) is 2.95. The summed E-state index contributed by atoms with van der Waals surface area (Å²) in [6, 6.07) is 8.75. The van der Waals surface area contributed by atoms with Crippen LogP contribution in [0.25, 0.3) is 0 Å². The molecule has 0 aliphatic carbocycles. The fourth-order valence-electron chi connectivity index (χ4n) is 2.76. The number of rotatable bonds is 8. The van der Waals surface area contributed by atoms with Crippen molar-refractivity contribution in [3.05, 3.63) is 47.0 Å². The van der Waals surface area contributed by atoms with Gasteiger partial charge in [0.15, 0.2) is 0 Å². The molecular formula is C19H27ClN2O5. The van der Waals surface area contributed by atoms with Gasteiger partial charge in [-0.3, -0.25) is 4.90 Å². The highest BCUT2D eigenvalue weighted by Gasteiger charge is 2.21. The second-order valence-corrected chi connectivity index (χ2v) is 6.45. The molecule has 0 spiro atoms. The van der Waals surface area contributed by atoms with Crippen LogP contribution >= 0.6 is 11.6 Å². The number of hydrogen-bond donors (Lipinski definition) is 3. The summed E-state index contributed by atoms with van der Waals surface area (Å²) in [4.78, 5) is 21.6. The van der Waals surface area contributed by atoms with E-state index in [4.69, 9.17) is 26.6 Å². The summed E-state index contributed by atoms with van der Waals surface area (Å²) in [6.45, 7) is 4.86. The van der Waals surface area contributed by atoms with Crippen LogP contribution in [-0.2, 0) is 20.9 Å². The second kappa shape index (κ2) is 13.3. The first kappa shape index (κ1) is 23.1. The van der Waals surface area contributed by atoms with E-state index < -0.39 is 11.9 Å². The molecule has 3 N–H and O–H groups in total. The molecule has 150 valence electrons. The third-order valence-corrected chi connectivity index (χ3v) is 4.48. The molecule has 0 saturated carbocycles. The zero-order valence-electron chi connectivity index (χ0n) is 15.4. The molecule has 0 unspecified atom stereocenters. The predicted molar refractivity (Wildman–Crippen MR) is 104 cm³/mol. The summed E-state index contributed by atoms with van der Waals surface area (Å²) in [5, 5.41) is 19.9. The van der Waals surface area contributed by atoms with Crippen LogP contribution < -0.4 is 5.32 Å². The van der Waals surface area contributed by atoms with Crippen molar-refractivity contribution in [3.63, 3.8) is 0 Å². The molecule has 0 atom stereocenters. The molecule has 1 heterocycles. The van der Waals surface area contributed by atoms with Crippen molar-refractivity contribution in [1.82, 2.24) is 10.2 Å². The van der Waals surface area contributed by atoms with E-state index in [1.807, 2.05) is 12.1 Å². The Morgan fingerprint density at radius 2 is 1.81 bits per heavy atom. The maximum absolute atomic E-state index is 9.55. The molecular weight excluding hydrogens is 372 g/mol. The number of methoxy groups -OCH3 is 1. The van der Waals surface area contributed by atoms with Gasteiger partial charge in [0.1, 0.15) is 0 Å². The van der Waals surface area contributed by atoms with Crippen LogP contribution in [0.4, 0.5) is 0 Å². The first-order valence-corrected chi connectivity index (χ1v) is 9.13. The molecule has 8 heteroatoms. The first-order chi connectivity index (χ1) is 12.9.